The van der Waals surface area contributed by atoms with Gasteiger partial charge in [0, 0.05) is 0 Å². The van der Waals surface area contributed by atoms with Gasteiger partial charge in [-0.25, -0.2) is 4.39 Å². The molecule has 6 heteroatoms. The SMILES string of the molecule is [B]c1cc(F)c(COPI)s1. The summed E-state index contributed by atoms with van der Waals surface area (Å²) in [6.45, 7) is 0.687. The monoisotopic (exact) mass is 300 g/mol. The largest absolute Gasteiger partial charge is 0.346 e. The molecule has 0 spiro atoms. The molecule has 1 rings (SSSR count). The number of hydrogen-bond donors (Lipinski definition) is 0. The van der Waals surface area contributed by atoms with E-state index in [4.69, 9.17) is 12.4 Å². The molecule has 0 fully saturated rings. The van der Waals surface area contributed by atoms with E-state index >= 15 is 0 Å². The summed E-state index contributed by atoms with van der Waals surface area (Å²) in [5.74, 6) is -0.262. The van der Waals surface area contributed by atoms with Crippen LogP contribution in [-0.2, 0) is 11.1 Å². The summed E-state index contributed by atoms with van der Waals surface area (Å²) in [7, 11) is 5.37. The molecule has 1 heterocycles. The Morgan fingerprint density at radius 2 is 2.55 bits per heavy atom. The molecule has 0 saturated carbocycles. The second kappa shape index (κ2) is 4.75. The van der Waals surface area contributed by atoms with Crippen molar-refractivity contribution in [3.63, 3.8) is 0 Å². The van der Waals surface area contributed by atoms with Crippen LogP contribution in [0, 0.1) is 5.82 Å². The molecule has 11 heavy (non-hydrogen) atoms. The van der Waals surface area contributed by atoms with Crippen LogP contribution in [0.5, 0.6) is 0 Å². The smallest absolute Gasteiger partial charge is 0.138 e. The van der Waals surface area contributed by atoms with Gasteiger partial charge in [0.1, 0.15) is 13.7 Å². The van der Waals surface area contributed by atoms with Gasteiger partial charge >= 0.3 is 0 Å². The lowest BCUT2D eigenvalue weighted by molar-refractivity contribution is 0.357. The molecule has 1 nitrogen and oxygen atoms in total. The normalized spacial score (nSPS) is 11.5. The van der Waals surface area contributed by atoms with E-state index in [0.29, 0.717) is 22.7 Å². The van der Waals surface area contributed by atoms with Gasteiger partial charge in [0.2, 0.25) is 0 Å². The van der Waals surface area contributed by atoms with Crippen molar-refractivity contribution in [3.8, 4) is 0 Å². The predicted octanol–water partition coefficient (Wildman–Crippen LogP) is 2.14. The molecule has 0 aliphatic heterocycles. The first-order valence-corrected chi connectivity index (χ1v) is 7.59. The van der Waals surface area contributed by atoms with Gasteiger partial charge in [-0.1, -0.05) is 0 Å². The summed E-state index contributed by atoms with van der Waals surface area (Å²) in [4.78, 5) is 0.576. The molecular weight excluding hydrogens is 296 g/mol. The molecule has 0 aromatic carbocycles. The number of hydrogen-bond acceptors (Lipinski definition) is 2. The van der Waals surface area contributed by atoms with Crippen LogP contribution in [-0.4, -0.2) is 7.85 Å². The van der Waals surface area contributed by atoms with Gasteiger partial charge in [0.25, 0.3) is 0 Å². The van der Waals surface area contributed by atoms with E-state index in [1.807, 2.05) is 0 Å². The van der Waals surface area contributed by atoms with Gasteiger partial charge < -0.3 is 4.52 Å². The first kappa shape index (κ1) is 9.90. The Balaban J connectivity index is 2.62. The van der Waals surface area contributed by atoms with Crippen LogP contribution in [0.15, 0.2) is 6.07 Å². The van der Waals surface area contributed by atoms with Crippen molar-refractivity contribution in [1.29, 1.82) is 0 Å². The van der Waals surface area contributed by atoms with E-state index in [9.17, 15) is 4.39 Å². The third-order valence-corrected chi connectivity index (χ3v) is 3.13. The third-order valence-electron chi connectivity index (χ3n) is 1.03. The van der Waals surface area contributed by atoms with E-state index < -0.39 is 0 Å². The zero-order chi connectivity index (χ0) is 8.27. The van der Waals surface area contributed by atoms with E-state index in [1.54, 1.807) is 0 Å². The van der Waals surface area contributed by atoms with Crippen molar-refractivity contribution in [2.45, 2.75) is 6.61 Å². The Hall–Kier alpha value is 0.815. The molecule has 1 aromatic rings. The third kappa shape index (κ3) is 2.97. The van der Waals surface area contributed by atoms with Crippen molar-refractivity contribution in [2.75, 3.05) is 0 Å². The predicted molar refractivity (Wildman–Crippen MR) is 56.8 cm³/mol. The molecule has 0 N–H and O–H groups in total. The second-order valence-electron chi connectivity index (χ2n) is 1.79. The van der Waals surface area contributed by atoms with Crippen LogP contribution >= 0.6 is 39.8 Å². The topological polar surface area (TPSA) is 9.23 Å². The van der Waals surface area contributed by atoms with Crippen LogP contribution in [0.25, 0.3) is 0 Å². The molecule has 1 atom stereocenters. The van der Waals surface area contributed by atoms with Crippen LogP contribution in [0.4, 0.5) is 4.39 Å². The fraction of sp³-hybridized carbons (Fsp3) is 0.200. The average molecular weight is 300 g/mol. The fourth-order valence-electron chi connectivity index (χ4n) is 0.617. The number of rotatable bonds is 3. The molecular formula is C5H4BFIOPS. The van der Waals surface area contributed by atoms with E-state index in [2.05, 4.69) is 22.0 Å². The van der Waals surface area contributed by atoms with Gasteiger partial charge in [-0.2, -0.15) is 11.3 Å². The molecule has 1 unspecified atom stereocenters. The van der Waals surface area contributed by atoms with Crippen molar-refractivity contribution in [1.82, 2.24) is 0 Å². The van der Waals surface area contributed by atoms with Gasteiger partial charge in [-0.3, -0.25) is 0 Å². The fourth-order valence-corrected chi connectivity index (χ4v) is 2.11. The van der Waals surface area contributed by atoms with Crippen molar-refractivity contribution < 1.29 is 8.91 Å². The summed E-state index contributed by atoms with van der Waals surface area (Å²) in [5, 5.41) is 0. The first-order chi connectivity index (χ1) is 5.24. The highest BCUT2D eigenvalue weighted by Gasteiger charge is 2.04. The molecule has 0 bridgehead atoms. The molecule has 1 aromatic heterocycles. The van der Waals surface area contributed by atoms with Crippen LogP contribution in [0.2, 0.25) is 0 Å². The minimum absolute atomic E-state index is 0.262. The maximum absolute atomic E-state index is 12.8. The van der Waals surface area contributed by atoms with Crippen LogP contribution < -0.4 is 4.78 Å². The maximum Gasteiger partial charge on any atom is 0.138 e. The lowest BCUT2D eigenvalue weighted by Crippen LogP contribution is -1.89. The molecule has 0 aliphatic rings. The highest BCUT2D eigenvalue weighted by atomic mass is 127. The van der Waals surface area contributed by atoms with Crippen molar-refractivity contribution in [3.05, 3.63) is 16.8 Å². The molecule has 2 radical (unpaired) electrons. The Morgan fingerprint density at radius 1 is 1.82 bits per heavy atom. The highest BCUT2D eigenvalue weighted by Crippen LogP contribution is 2.25. The Morgan fingerprint density at radius 3 is 3.00 bits per heavy atom. The van der Waals surface area contributed by atoms with Gasteiger partial charge in [-0.15, -0.1) is 0 Å². The standard InChI is InChI=1S/C5H4BFIOPS/c6-5-1-3(7)4(11-5)2-9-10-8/h1,10H,2H2. The minimum Gasteiger partial charge on any atom is -0.346 e. The Labute approximate surface area is 84.5 Å². The summed E-state index contributed by atoms with van der Waals surface area (Å²) in [5.41, 5.74) is 0. The molecule has 0 aliphatic carbocycles. The van der Waals surface area contributed by atoms with E-state index in [-0.39, 0.29) is 5.82 Å². The summed E-state index contributed by atoms with van der Waals surface area (Å²) in [6.07, 6.45) is 0. The summed E-state index contributed by atoms with van der Waals surface area (Å²) in [6, 6.07) is 1.32. The minimum atomic E-state index is -0.262. The lowest BCUT2D eigenvalue weighted by atomic mass is 10.1. The average Bonchev–Trinajstić information content (AvgIpc) is 2.26. The first-order valence-electron chi connectivity index (χ1n) is 2.75. The quantitative estimate of drug-likeness (QED) is 0.472. The molecule has 58 valence electrons. The Kier molecular flexibility index (Phi) is 4.27. The van der Waals surface area contributed by atoms with E-state index in [1.165, 1.54) is 17.4 Å². The van der Waals surface area contributed by atoms with Crippen LogP contribution in [0.1, 0.15) is 4.88 Å². The highest BCUT2D eigenvalue weighted by molar-refractivity contribution is 14.2. The Bertz CT molecular complexity index is 244. The zero-order valence-electron chi connectivity index (χ0n) is 5.43. The lowest BCUT2D eigenvalue weighted by Gasteiger charge is -1.94. The second-order valence-corrected chi connectivity index (χ2v) is 4.72. The zero-order valence-corrected chi connectivity index (χ0v) is 9.41. The van der Waals surface area contributed by atoms with Gasteiger partial charge in [0.05, 0.1) is 17.9 Å². The van der Waals surface area contributed by atoms with Crippen molar-refractivity contribution >= 4 is 52.5 Å². The van der Waals surface area contributed by atoms with E-state index in [0.717, 1.165) is 0 Å². The summed E-state index contributed by atoms with van der Waals surface area (Å²) < 4.78 is 18.3. The number of halogens is 2. The number of thiophene rings is 1. The molecule has 0 saturated heterocycles. The summed E-state index contributed by atoms with van der Waals surface area (Å²) >= 11 is 3.32. The van der Waals surface area contributed by atoms with Gasteiger partial charge in [0.15, 0.2) is 0 Å². The van der Waals surface area contributed by atoms with Crippen molar-refractivity contribution in [2.24, 2.45) is 0 Å². The van der Waals surface area contributed by atoms with Gasteiger partial charge in [-0.05, 0) is 32.9 Å². The molecule has 0 amide bonds. The maximum atomic E-state index is 12.8. The van der Waals surface area contributed by atoms with Crippen LogP contribution in [0.3, 0.4) is 0 Å².